The van der Waals surface area contributed by atoms with Crippen LogP contribution in [0.3, 0.4) is 0 Å². The summed E-state index contributed by atoms with van der Waals surface area (Å²) in [7, 11) is 0. The maximum Gasteiger partial charge on any atom is 0.129 e. The van der Waals surface area contributed by atoms with E-state index in [1.807, 2.05) is 0 Å². The molecule has 13 heavy (non-hydrogen) atoms. The van der Waals surface area contributed by atoms with E-state index >= 15 is 0 Å². The summed E-state index contributed by atoms with van der Waals surface area (Å²) >= 11 is 0. The highest BCUT2D eigenvalue weighted by Gasteiger charge is 2.19. The van der Waals surface area contributed by atoms with Crippen LogP contribution in [-0.4, -0.2) is 19.2 Å². The summed E-state index contributed by atoms with van der Waals surface area (Å²) in [5, 5.41) is 4.02. The van der Waals surface area contributed by atoms with Crippen molar-refractivity contribution in [2.75, 3.05) is 13.1 Å². The molecule has 1 aromatic rings. The van der Waals surface area contributed by atoms with E-state index in [-0.39, 0.29) is 11.9 Å². The molecule has 1 heterocycles. The first-order valence-electron chi connectivity index (χ1n) is 4.32. The highest BCUT2D eigenvalue weighted by atomic mass is 19.1. The topological polar surface area (TPSA) is 23.3 Å². The third-order valence-corrected chi connectivity index (χ3v) is 2.11. The first-order chi connectivity index (χ1) is 6.25. The standard InChI is InChI=1S/C10H11FNO/c1-7-2-3-8(4-10(7)11)13-9-5-12-6-9/h2-4,9H,5-6H2,1H3. The minimum atomic E-state index is -0.214. The summed E-state index contributed by atoms with van der Waals surface area (Å²) in [5.74, 6) is 0.386. The minimum absolute atomic E-state index is 0.155. The van der Waals surface area contributed by atoms with Crippen molar-refractivity contribution < 1.29 is 9.13 Å². The van der Waals surface area contributed by atoms with Crippen LogP contribution in [0.15, 0.2) is 18.2 Å². The van der Waals surface area contributed by atoms with E-state index in [0.717, 1.165) is 13.1 Å². The molecule has 1 radical (unpaired) electrons. The number of ether oxygens (including phenoxy) is 1. The third kappa shape index (κ3) is 1.80. The second-order valence-electron chi connectivity index (χ2n) is 3.24. The Hall–Kier alpha value is -1.09. The van der Waals surface area contributed by atoms with Gasteiger partial charge in [-0.1, -0.05) is 6.07 Å². The Morgan fingerprint density at radius 1 is 1.46 bits per heavy atom. The molecule has 2 rings (SSSR count). The fraction of sp³-hybridized carbons (Fsp3) is 0.400. The molecule has 69 valence electrons. The van der Waals surface area contributed by atoms with Gasteiger partial charge in [-0.3, -0.25) is 0 Å². The zero-order valence-electron chi connectivity index (χ0n) is 7.46. The fourth-order valence-corrected chi connectivity index (χ4v) is 1.15. The molecule has 0 aromatic heterocycles. The predicted molar refractivity (Wildman–Crippen MR) is 47.4 cm³/mol. The Bertz CT molecular complexity index is 310. The molecule has 0 aliphatic carbocycles. The molecule has 3 heteroatoms. The van der Waals surface area contributed by atoms with Gasteiger partial charge in [-0.15, -0.1) is 0 Å². The van der Waals surface area contributed by atoms with Gasteiger partial charge in [0.1, 0.15) is 17.7 Å². The summed E-state index contributed by atoms with van der Waals surface area (Å²) in [4.78, 5) is 0. The first kappa shape index (κ1) is 8.51. The second-order valence-corrected chi connectivity index (χ2v) is 3.24. The van der Waals surface area contributed by atoms with Crippen molar-refractivity contribution in [1.29, 1.82) is 0 Å². The van der Waals surface area contributed by atoms with E-state index in [1.165, 1.54) is 6.07 Å². The molecule has 0 atom stereocenters. The van der Waals surface area contributed by atoms with Gasteiger partial charge in [0.05, 0.1) is 13.1 Å². The Morgan fingerprint density at radius 3 is 2.77 bits per heavy atom. The van der Waals surface area contributed by atoms with E-state index in [1.54, 1.807) is 19.1 Å². The summed E-state index contributed by atoms with van der Waals surface area (Å²) in [6, 6.07) is 4.94. The predicted octanol–water partition coefficient (Wildman–Crippen LogP) is 1.50. The quantitative estimate of drug-likeness (QED) is 0.676. The Kier molecular flexibility index (Phi) is 2.19. The Morgan fingerprint density at radius 2 is 2.23 bits per heavy atom. The molecular formula is C10H11FNO. The average molecular weight is 180 g/mol. The Balaban J connectivity index is 2.07. The van der Waals surface area contributed by atoms with Gasteiger partial charge in [0.25, 0.3) is 0 Å². The average Bonchev–Trinajstić information content (AvgIpc) is 2.04. The minimum Gasteiger partial charge on any atom is -0.488 e. The van der Waals surface area contributed by atoms with Crippen molar-refractivity contribution in [2.24, 2.45) is 0 Å². The zero-order valence-corrected chi connectivity index (χ0v) is 7.46. The van der Waals surface area contributed by atoms with E-state index in [2.05, 4.69) is 5.32 Å². The summed E-state index contributed by atoms with van der Waals surface area (Å²) in [6.07, 6.45) is 0.155. The van der Waals surface area contributed by atoms with Crippen LogP contribution < -0.4 is 10.1 Å². The van der Waals surface area contributed by atoms with Crippen LogP contribution in [0, 0.1) is 12.7 Å². The van der Waals surface area contributed by atoms with Crippen LogP contribution in [0.4, 0.5) is 4.39 Å². The van der Waals surface area contributed by atoms with Gasteiger partial charge in [-0.25, -0.2) is 9.71 Å². The van der Waals surface area contributed by atoms with E-state index in [9.17, 15) is 4.39 Å². The van der Waals surface area contributed by atoms with Crippen molar-refractivity contribution in [1.82, 2.24) is 5.32 Å². The van der Waals surface area contributed by atoms with Gasteiger partial charge in [0, 0.05) is 6.07 Å². The third-order valence-electron chi connectivity index (χ3n) is 2.11. The van der Waals surface area contributed by atoms with Crippen molar-refractivity contribution in [2.45, 2.75) is 13.0 Å². The highest BCUT2D eigenvalue weighted by Crippen LogP contribution is 2.18. The lowest BCUT2D eigenvalue weighted by atomic mass is 10.2. The van der Waals surface area contributed by atoms with Crippen molar-refractivity contribution in [3.63, 3.8) is 0 Å². The highest BCUT2D eigenvalue weighted by molar-refractivity contribution is 5.28. The molecule has 0 unspecified atom stereocenters. The maximum absolute atomic E-state index is 13.0. The molecule has 0 bridgehead atoms. The Labute approximate surface area is 76.7 Å². The van der Waals surface area contributed by atoms with Crippen molar-refractivity contribution >= 4 is 0 Å². The number of aryl methyl sites for hydroxylation is 1. The number of hydrogen-bond acceptors (Lipinski definition) is 1. The molecule has 0 amide bonds. The molecule has 1 aliphatic rings. The van der Waals surface area contributed by atoms with Crippen molar-refractivity contribution in [3.05, 3.63) is 29.6 Å². The monoisotopic (exact) mass is 180 g/mol. The number of hydrogen-bond donors (Lipinski definition) is 0. The second kappa shape index (κ2) is 3.34. The zero-order chi connectivity index (χ0) is 9.26. The van der Waals surface area contributed by atoms with Crippen LogP contribution in [0.5, 0.6) is 5.75 Å². The summed E-state index contributed by atoms with van der Waals surface area (Å²) < 4.78 is 18.5. The SMILES string of the molecule is Cc1ccc(OC2C[N]C2)cc1F. The molecule has 1 aromatic carbocycles. The molecule has 0 N–H and O–H groups in total. The van der Waals surface area contributed by atoms with E-state index in [4.69, 9.17) is 4.74 Å². The van der Waals surface area contributed by atoms with Gasteiger partial charge in [0.2, 0.25) is 0 Å². The first-order valence-corrected chi connectivity index (χ1v) is 4.32. The fourth-order valence-electron chi connectivity index (χ4n) is 1.15. The molecule has 1 saturated heterocycles. The molecule has 1 fully saturated rings. The molecule has 0 spiro atoms. The maximum atomic E-state index is 13.0. The number of nitrogens with zero attached hydrogens (tertiary/aromatic N) is 1. The van der Waals surface area contributed by atoms with Gasteiger partial charge < -0.3 is 4.74 Å². The summed E-state index contributed by atoms with van der Waals surface area (Å²) in [6.45, 7) is 3.20. The lowest BCUT2D eigenvalue weighted by Crippen LogP contribution is -2.45. The number of halogens is 1. The number of benzene rings is 1. The van der Waals surface area contributed by atoms with Crippen LogP contribution in [0.25, 0.3) is 0 Å². The van der Waals surface area contributed by atoms with Gasteiger partial charge in [0.15, 0.2) is 0 Å². The van der Waals surface area contributed by atoms with Crippen LogP contribution in [0.2, 0.25) is 0 Å². The van der Waals surface area contributed by atoms with Gasteiger partial charge >= 0.3 is 0 Å². The largest absolute Gasteiger partial charge is 0.488 e. The summed E-state index contributed by atoms with van der Waals surface area (Å²) in [5.41, 5.74) is 0.644. The number of rotatable bonds is 2. The van der Waals surface area contributed by atoms with E-state index in [0.29, 0.717) is 11.3 Å². The normalized spacial score (nSPS) is 16.8. The molecule has 1 aliphatic heterocycles. The molecule has 0 saturated carbocycles. The van der Waals surface area contributed by atoms with E-state index < -0.39 is 0 Å². The van der Waals surface area contributed by atoms with Crippen molar-refractivity contribution in [3.8, 4) is 5.75 Å². The van der Waals surface area contributed by atoms with Gasteiger partial charge in [-0.2, -0.15) is 0 Å². The lowest BCUT2D eigenvalue weighted by molar-refractivity contribution is 0.138. The smallest absolute Gasteiger partial charge is 0.129 e. The van der Waals surface area contributed by atoms with Gasteiger partial charge in [-0.05, 0) is 18.6 Å². The molecular weight excluding hydrogens is 169 g/mol. The van der Waals surface area contributed by atoms with Crippen LogP contribution in [0.1, 0.15) is 5.56 Å². The van der Waals surface area contributed by atoms with Crippen LogP contribution in [-0.2, 0) is 0 Å². The lowest BCUT2D eigenvalue weighted by Gasteiger charge is -2.26. The van der Waals surface area contributed by atoms with Crippen LogP contribution >= 0.6 is 0 Å². The molecule has 2 nitrogen and oxygen atoms in total.